The predicted octanol–water partition coefficient (Wildman–Crippen LogP) is 1.10. The molecule has 1 aliphatic heterocycles. The second kappa shape index (κ2) is 6.21. The maximum absolute atomic E-state index is 5.43. The molecule has 3 N–H and O–H groups in total. The number of hydrazine groups is 1. The van der Waals surface area contributed by atoms with Crippen LogP contribution in [0.25, 0.3) is 0 Å². The zero-order chi connectivity index (χ0) is 13.0. The lowest BCUT2D eigenvalue weighted by Crippen LogP contribution is -2.37. The molecule has 18 heavy (non-hydrogen) atoms. The molecule has 0 aromatic carbocycles. The molecule has 0 amide bonds. The Kier molecular flexibility index (Phi) is 4.62. The number of rotatable bonds is 4. The second-order valence-corrected chi connectivity index (χ2v) is 4.97. The Hall–Kier alpha value is -1.05. The molecule has 2 rings (SSSR count). The highest BCUT2D eigenvalue weighted by Crippen LogP contribution is 2.23. The van der Waals surface area contributed by atoms with E-state index in [2.05, 4.69) is 27.3 Å². The minimum atomic E-state index is 0.467. The summed E-state index contributed by atoms with van der Waals surface area (Å²) in [6, 6.07) is 2.34. The van der Waals surface area contributed by atoms with Crippen LogP contribution in [-0.4, -0.2) is 42.5 Å². The smallest absolute Gasteiger partial charge is 0.191 e. The molecule has 0 saturated carbocycles. The van der Waals surface area contributed by atoms with Crippen LogP contribution < -0.4 is 16.2 Å². The summed E-state index contributed by atoms with van der Waals surface area (Å²) in [5, 5.41) is 0.722. The number of nitrogens with zero attached hydrogens (tertiary/aromatic N) is 3. The van der Waals surface area contributed by atoms with E-state index in [1.807, 2.05) is 12.3 Å². The number of nitrogens with one attached hydrogen (secondary N) is 1. The van der Waals surface area contributed by atoms with Gasteiger partial charge in [0.1, 0.15) is 11.6 Å². The fraction of sp³-hybridized carbons (Fsp3) is 0.636. The zero-order valence-corrected chi connectivity index (χ0v) is 11.5. The fourth-order valence-electron chi connectivity index (χ4n) is 2.02. The average Bonchev–Trinajstić information content (AvgIpc) is 2.46. The van der Waals surface area contributed by atoms with Gasteiger partial charge < -0.3 is 15.1 Å². The van der Waals surface area contributed by atoms with E-state index in [0.29, 0.717) is 11.9 Å². The molecule has 0 spiro atoms. The topological polar surface area (TPSA) is 76.3 Å². The first kappa shape index (κ1) is 13.4. The van der Waals surface area contributed by atoms with Gasteiger partial charge in [0.25, 0.3) is 0 Å². The Morgan fingerprint density at radius 3 is 2.78 bits per heavy atom. The Labute approximate surface area is 111 Å². The third kappa shape index (κ3) is 3.04. The van der Waals surface area contributed by atoms with Crippen molar-refractivity contribution in [3.8, 4) is 0 Å². The van der Waals surface area contributed by atoms with Gasteiger partial charge in [0.05, 0.1) is 0 Å². The van der Waals surface area contributed by atoms with E-state index < -0.39 is 0 Å². The van der Waals surface area contributed by atoms with Gasteiger partial charge in [0.2, 0.25) is 0 Å². The molecule has 100 valence electrons. The standard InChI is InChI=1S/C11H19N5OS/c1-16(8-3-5-17-6-4-8)10-7-9(15-12)13-11(14-10)18-2/h7-8H,3-6,12H2,1-2H3,(H,13,14,15). The summed E-state index contributed by atoms with van der Waals surface area (Å²) >= 11 is 1.51. The molecule has 0 atom stereocenters. The lowest BCUT2D eigenvalue weighted by atomic mass is 10.1. The first-order chi connectivity index (χ1) is 8.74. The van der Waals surface area contributed by atoms with Crippen LogP contribution in [0.4, 0.5) is 11.6 Å². The van der Waals surface area contributed by atoms with Crippen LogP contribution in [0.2, 0.25) is 0 Å². The summed E-state index contributed by atoms with van der Waals surface area (Å²) in [5.41, 5.74) is 2.58. The quantitative estimate of drug-likeness (QED) is 0.367. The van der Waals surface area contributed by atoms with Gasteiger partial charge in [-0.3, -0.25) is 0 Å². The third-order valence-corrected chi connectivity index (χ3v) is 3.67. The normalized spacial score (nSPS) is 16.6. The van der Waals surface area contributed by atoms with Crippen molar-refractivity contribution < 1.29 is 4.74 Å². The molecule has 1 fully saturated rings. The third-order valence-electron chi connectivity index (χ3n) is 3.12. The van der Waals surface area contributed by atoms with Crippen LogP contribution in [0, 0.1) is 0 Å². The molecule has 0 radical (unpaired) electrons. The minimum Gasteiger partial charge on any atom is -0.381 e. The van der Waals surface area contributed by atoms with Crippen molar-refractivity contribution in [2.45, 2.75) is 24.0 Å². The Bertz CT molecular complexity index is 375. The van der Waals surface area contributed by atoms with Crippen LogP contribution in [0.15, 0.2) is 11.2 Å². The molecule has 1 aliphatic rings. The highest BCUT2D eigenvalue weighted by atomic mass is 32.2. The van der Waals surface area contributed by atoms with Crippen molar-refractivity contribution in [3.63, 3.8) is 0 Å². The highest BCUT2D eigenvalue weighted by Gasteiger charge is 2.20. The van der Waals surface area contributed by atoms with Gasteiger partial charge in [-0.05, 0) is 19.1 Å². The average molecular weight is 269 g/mol. The van der Waals surface area contributed by atoms with E-state index in [1.165, 1.54) is 11.8 Å². The van der Waals surface area contributed by atoms with Gasteiger partial charge in [-0.2, -0.15) is 0 Å². The van der Waals surface area contributed by atoms with Gasteiger partial charge in [-0.15, -0.1) is 0 Å². The molecule has 1 saturated heterocycles. The number of thioether (sulfide) groups is 1. The van der Waals surface area contributed by atoms with Crippen LogP contribution in [0.5, 0.6) is 0 Å². The first-order valence-electron chi connectivity index (χ1n) is 5.95. The lowest BCUT2D eigenvalue weighted by Gasteiger charge is -2.32. The van der Waals surface area contributed by atoms with Gasteiger partial charge in [-0.25, -0.2) is 15.8 Å². The van der Waals surface area contributed by atoms with Gasteiger partial charge in [0, 0.05) is 32.4 Å². The number of hydrogen-bond donors (Lipinski definition) is 2. The fourth-order valence-corrected chi connectivity index (χ4v) is 2.39. The summed E-state index contributed by atoms with van der Waals surface area (Å²) in [6.07, 6.45) is 4.01. The lowest BCUT2D eigenvalue weighted by molar-refractivity contribution is 0.0853. The van der Waals surface area contributed by atoms with Crippen LogP contribution in [0.1, 0.15) is 12.8 Å². The van der Waals surface area contributed by atoms with Crippen molar-refractivity contribution >= 4 is 23.4 Å². The second-order valence-electron chi connectivity index (χ2n) is 4.20. The molecular formula is C11H19N5OS. The molecule has 2 heterocycles. The Morgan fingerprint density at radius 1 is 1.44 bits per heavy atom. The number of anilines is 2. The molecule has 0 aliphatic carbocycles. The van der Waals surface area contributed by atoms with Crippen LogP contribution in [-0.2, 0) is 4.74 Å². The minimum absolute atomic E-state index is 0.467. The summed E-state index contributed by atoms with van der Waals surface area (Å²) in [7, 11) is 2.06. The summed E-state index contributed by atoms with van der Waals surface area (Å²) in [4.78, 5) is 11.0. The molecule has 7 heteroatoms. The molecule has 0 bridgehead atoms. The van der Waals surface area contributed by atoms with Crippen LogP contribution >= 0.6 is 11.8 Å². The van der Waals surface area contributed by atoms with Crippen molar-refractivity contribution in [3.05, 3.63) is 6.07 Å². The van der Waals surface area contributed by atoms with E-state index in [-0.39, 0.29) is 0 Å². The number of nitrogens with two attached hydrogens (primary N) is 1. The number of aromatic nitrogens is 2. The predicted molar refractivity (Wildman–Crippen MR) is 73.9 cm³/mol. The maximum Gasteiger partial charge on any atom is 0.191 e. The number of nitrogen functional groups attached to an aromatic ring is 1. The molecule has 6 nitrogen and oxygen atoms in total. The SMILES string of the molecule is CSc1nc(NN)cc(N(C)C2CCOCC2)n1. The summed E-state index contributed by atoms with van der Waals surface area (Å²) in [6.45, 7) is 1.63. The Morgan fingerprint density at radius 2 is 2.17 bits per heavy atom. The molecule has 1 aromatic heterocycles. The highest BCUT2D eigenvalue weighted by molar-refractivity contribution is 7.98. The summed E-state index contributed by atoms with van der Waals surface area (Å²) in [5.74, 6) is 6.97. The van der Waals surface area contributed by atoms with Gasteiger partial charge in [0.15, 0.2) is 5.16 Å². The van der Waals surface area contributed by atoms with Crippen molar-refractivity contribution in [1.29, 1.82) is 0 Å². The van der Waals surface area contributed by atoms with Crippen molar-refractivity contribution in [1.82, 2.24) is 9.97 Å². The van der Waals surface area contributed by atoms with Crippen LogP contribution in [0.3, 0.4) is 0 Å². The van der Waals surface area contributed by atoms with Gasteiger partial charge in [-0.1, -0.05) is 11.8 Å². The van der Waals surface area contributed by atoms with E-state index in [9.17, 15) is 0 Å². The Balaban J connectivity index is 2.19. The number of ether oxygens (including phenoxy) is 1. The molecule has 1 aromatic rings. The number of hydrogen-bond acceptors (Lipinski definition) is 7. The van der Waals surface area contributed by atoms with E-state index in [1.54, 1.807) is 0 Å². The summed E-state index contributed by atoms with van der Waals surface area (Å²) < 4.78 is 5.38. The first-order valence-corrected chi connectivity index (χ1v) is 7.17. The van der Waals surface area contributed by atoms with E-state index in [0.717, 1.165) is 37.0 Å². The largest absolute Gasteiger partial charge is 0.381 e. The zero-order valence-electron chi connectivity index (χ0n) is 10.7. The maximum atomic E-state index is 5.43. The molecular weight excluding hydrogens is 250 g/mol. The van der Waals surface area contributed by atoms with Crippen molar-refractivity contribution in [2.75, 3.05) is 36.8 Å². The van der Waals surface area contributed by atoms with Crippen molar-refractivity contribution in [2.24, 2.45) is 5.84 Å². The van der Waals surface area contributed by atoms with Gasteiger partial charge >= 0.3 is 0 Å². The monoisotopic (exact) mass is 269 g/mol. The van der Waals surface area contributed by atoms with E-state index >= 15 is 0 Å². The van der Waals surface area contributed by atoms with E-state index in [4.69, 9.17) is 10.6 Å². The molecule has 0 unspecified atom stereocenters.